The van der Waals surface area contributed by atoms with Gasteiger partial charge in [0, 0.05) is 56.9 Å². The minimum absolute atomic E-state index is 0.0363. The Morgan fingerprint density at radius 2 is 2.24 bits per heavy atom. The summed E-state index contributed by atoms with van der Waals surface area (Å²) in [5.41, 5.74) is 2.28. The SMILES string of the molecule is Cn1ccnc(N2CCC[C@H](NCc3cnn4ccccc34)C2)c1=O. The van der Waals surface area contributed by atoms with Crippen LogP contribution in [0.25, 0.3) is 5.52 Å². The van der Waals surface area contributed by atoms with E-state index in [9.17, 15) is 4.79 Å². The molecule has 1 fully saturated rings. The number of rotatable bonds is 4. The summed E-state index contributed by atoms with van der Waals surface area (Å²) >= 11 is 0. The van der Waals surface area contributed by atoms with E-state index in [0.717, 1.165) is 38.0 Å². The first-order valence-electron chi connectivity index (χ1n) is 8.63. The van der Waals surface area contributed by atoms with Crippen LogP contribution in [0.1, 0.15) is 18.4 Å². The molecule has 3 aromatic heterocycles. The standard InChI is InChI=1S/C18H22N6O/c1-22-10-7-19-17(18(22)25)23-8-4-5-15(13-23)20-11-14-12-21-24-9-3-2-6-16(14)24/h2-3,6-7,9-10,12,15,20H,4-5,8,11,13H2,1H3/t15-/m0/s1. The first-order chi connectivity index (χ1) is 12.2. The molecular formula is C18H22N6O. The van der Waals surface area contributed by atoms with Crippen LogP contribution in [0.5, 0.6) is 0 Å². The number of aromatic nitrogens is 4. The van der Waals surface area contributed by atoms with Gasteiger partial charge in [-0.25, -0.2) is 9.50 Å². The molecule has 0 aromatic carbocycles. The highest BCUT2D eigenvalue weighted by Crippen LogP contribution is 2.16. The summed E-state index contributed by atoms with van der Waals surface area (Å²) in [5.74, 6) is 0.549. The van der Waals surface area contributed by atoms with Crippen LogP contribution in [0.3, 0.4) is 0 Å². The first-order valence-corrected chi connectivity index (χ1v) is 8.63. The Labute approximate surface area is 145 Å². The quantitative estimate of drug-likeness (QED) is 0.774. The number of aryl methyl sites for hydroxylation is 1. The van der Waals surface area contributed by atoms with Crippen LogP contribution in [0, 0.1) is 0 Å². The summed E-state index contributed by atoms with van der Waals surface area (Å²) in [6.07, 6.45) is 9.40. The van der Waals surface area contributed by atoms with E-state index >= 15 is 0 Å². The van der Waals surface area contributed by atoms with Gasteiger partial charge in [-0.15, -0.1) is 0 Å². The lowest BCUT2D eigenvalue weighted by atomic mass is 10.1. The molecule has 0 spiro atoms. The van der Waals surface area contributed by atoms with Gasteiger partial charge in [0.05, 0.1) is 11.7 Å². The Hall–Kier alpha value is -2.67. The lowest BCUT2D eigenvalue weighted by molar-refractivity contribution is 0.419. The summed E-state index contributed by atoms with van der Waals surface area (Å²) in [4.78, 5) is 18.7. The predicted octanol–water partition coefficient (Wildman–Crippen LogP) is 1.19. The normalized spacial score (nSPS) is 18.0. The van der Waals surface area contributed by atoms with E-state index in [-0.39, 0.29) is 5.56 Å². The zero-order valence-electron chi connectivity index (χ0n) is 14.3. The van der Waals surface area contributed by atoms with E-state index in [1.807, 2.05) is 29.0 Å². The Balaban J connectivity index is 1.45. The Morgan fingerprint density at radius 1 is 1.32 bits per heavy atom. The van der Waals surface area contributed by atoms with E-state index in [4.69, 9.17) is 0 Å². The largest absolute Gasteiger partial charge is 0.350 e. The van der Waals surface area contributed by atoms with E-state index in [2.05, 4.69) is 26.4 Å². The van der Waals surface area contributed by atoms with Crippen LogP contribution >= 0.6 is 0 Å². The third-order valence-electron chi connectivity index (χ3n) is 4.81. The number of anilines is 1. The summed E-state index contributed by atoms with van der Waals surface area (Å²) in [5, 5.41) is 8.00. The second kappa shape index (κ2) is 6.68. The van der Waals surface area contributed by atoms with E-state index in [0.29, 0.717) is 11.9 Å². The second-order valence-electron chi connectivity index (χ2n) is 6.53. The van der Waals surface area contributed by atoms with Gasteiger partial charge in [-0.05, 0) is 25.0 Å². The molecule has 4 rings (SSSR count). The number of pyridine rings is 1. The maximum absolute atomic E-state index is 12.3. The van der Waals surface area contributed by atoms with Gasteiger partial charge in [0.2, 0.25) is 0 Å². The summed E-state index contributed by atoms with van der Waals surface area (Å²) in [6, 6.07) is 6.41. The molecule has 7 nitrogen and oxygen atoms in total. The van der Waals surface area contributed by atoms with Crippen LogP contribution in [0.15, 0.2) is 47.8 Å². The summed E-state index contributed by atoms with van der Waals surface area (Å²) in [7, 11) is 1.76. The highest BCUT2D eigenvalue weighted by molar-refractivity contribution is 5.53. The maximum Gasteiger partial charge on any atom is 0.293 e. The molecule has 1 aliphatic rings. The third-order valence-corrected chi connectivity index (χ3v) is 4.81. The molecule has 0 radical (unpaired) electrons. The van der Waals surface area contributed by atoms with Gasteiger partial charge in [0.25, 0.3) is 5.56 Å². The van der Waals surface area contributed by atoms with E-state index < -0.39 is 0 Å². The van der Waals surface area contributed by atoms with Gasteiger partial charge in [-0.1, -0.05) is 6.07 Å². The molecule has 1 atom stereocenters. The zero-order valence-corrected chi connectivity index (χ0v) is 14.3. The second-order valence-corrected chi connectivity index (χ2v) is 6.53. The molecule has 1 N–H and O–H groups in total. The Morgan fingerprint density at radius 3 is 3.16 bits per heavy atom. The van der Waals surface area contributed by atoms with Crippen molar-refractivity contribution < 1.29 is 0 Å². The van der Waals surface area contributed by atoms with Gasteiger partial charge in [0.1, 0.15) is 0 Å². The lowest BCUT2D eigenvalue weighted by Gasteiger charge is -2.33. The van der Waals surface area contributed by atoms with Crippen molar-refractivity contribution in [2.75, 3.05) is 18.0 Å². The molecular weight excluding hydrogens is 316 g/mol. The third kappa shape index (κ3) is 3.15. The molecule has 25 heavy (non-hydrogen) atoms. The molecule has 0 unspecified atom stereocenters. The predicted molar refractivity (Wildman–Crippen MR) is 96.7 cm³/mol. The molecule has 0 saturated carbocycles. The minimum Gasteiger partial charge on any atom is -0.350 e. The van der Waals surface area contributed by atoms with Crippen molar-refractivity contribution in [1.82, 2.24) is 24.5 Å². The zero-order chi connectivity index (χ0) is 17.2. The number of fused-ring (bicyclic) bond motifs is 1. The van der Waals surface area contributed by atoms with E-state index in [1.54, 1.807) is 24.0 Å². The van der Waals surface area contributed by atoms with Crippen molar-refractivity contribution in [3.63, 3.8) is 0 Å². The molecule has 0 amide bonds. The summed E-state index contributed by atoms with van der Waals surface area (Å²) in [6.45, 7) is 2.44. The summed E-state index contributed by atoms with van der Waals surface area (Å²) < 4.78 is 3.47. The number of nitrogens with one attached hydrogen (secondary N) is 1. The molecule has 1 saturated heterocycles. The number of nitrogens with zero attached hydrogens (tertiary/aromatic N) is 5. The molecule has 130 valence electrons. The van der Waals surface area contributed by atoms with Crippen molar-refractivity contribution in [3.05, 3.63) is 58.9 Å². The van der Waals surface area contributed by atoms with Crippen molar-refractivity contribution in [2.24, 2.45) is 7.05 Å². The molecule has 3 aromatic rings. The van der Waals surface area contributed by atoms with Crippen LogP contribution in [0.2, 0.25) is 0 Å². The highest BCUT2D eigenvalue weighted by Gasteiger charge is 2.23. The minimum atomic E-state index is -0.0363. The van der Waals surface area contributed by atoms with Gasteiger partial charge < -0.3 is 14.8 Å². The van der Waals surface area contributed by atoms with Gasteiger partial charge in [-0.3, -0.25) is 4.79 Å². The maximum atomic E-state index is 12.3. The molecule has 0 bridgehead atoms. The fourth-order valence-electron chi connectivity index (χ4n) is 3.42. The number of piperidine rings is 1. The smallest absolute Gasteiger partial charge is 0.293 e. The monoisotopic (exact) mass is 338 g/mol. The van der Waals surface area contributed by atoms with Crippen molar-refractivity contribution in [3.8, 4) is 0 Å². The van der Waals surface area contributed by atoms with Crippen molar-refractivity contribution in [2.45, 2.75) is 25.4 Å². The molecule has 4 heterocycles. The number of hydrogen-bond donors (Lipinski definition) is 1. The average molecular weight is 338 g/mol. The van der Waals surface area contributed by atoms with Gasteiger partial charge in [-0.2, -0.15) is 5.10 Å². The van der Waals surface area contributed by atoms with Gasteiger partial charge >= 0.3 is 0 Å². The highest BCUT2D eigenvalue weighted by atomic mass is 16.1. The van der Waals surface area contributed by atoms with E-state index in [1.165, 1.54) is 5.56 Å². The van der Waals surface area contributed by atoms with Crippen LogP contribution < -0.4 is 15.8 Å². The lowest BCUT2D eigenvalue weighted by Crippen LogP contribution is -2.47. The first kappa shape index (κ1) is 15.8. The molecule has 1 aliphatic heterocycles. The van der Waals surface area contributed by atoms with Crippen LogP contribution in [0.4, 0.5) is 5.82 Å². The topological polar surface area (TPSA) is 67.5 Å². The molecule has 0 aliphatic carbocycles. The Kier molecular flexibility index (Phi) is 4.23. The van der Waals surface area contributed by atoms with Crippen molar-refractivity contribution in [1.29, 1.82) is 0 Å². The van der Waals surface area contributed by atoms with Crippen molar-refractivity contribution >= 4 is 11.3 Å². The van der Waals surface area contributed by atoms with Crippen LogP contribution in [-0.4, -0.2) is 38.3 Å². The fraction of sp³-hybridized carbons (Fsp3) is 0.389. The average Bonchev–Trinajstić information content (AvgIpc) is 3.06. The van der Waals surface area contributed by atoms with Crippen LogP contribution in [-0.2, 0) is 13.6 Å². The molecule has 7 heteroatoms. The van der Waals surface area contributed by atoms with Gasteiger partial charge in [0.15, 0.2) is 5.82 Å². The Bertz CT molecular complexity index is 930. The number of hydrogen-bond acceptors (Lipinski definition) is 5. The fourth-order valence-corrected chi connectivity index (χ4v) is 3.42.